The van der Waals surface area contributed by atoms with Crippen LogP contribution in [0.1, 0.15) is 12.0 Å². The molecule has 1 rings (SSSR count). The number of hydrogen-bond acceptors (Lipinski definition) is 3. The normalized spacial score (nSPS) is 12.2. The molecule has 0 aliphatic carbocycles. The third-order valence-corrected chi connectivity index (χ3v) is 3.67. The van der Waals surface area contributed by atoms with E-state index in [1.807, 2.05) is 0 Å². The molecule has 0 aromatic heterocycles. The Balaban J connectivity index is 2.45. The maximum Gasteiger partial charge on any atom is 0.397 e. The Morgan fingerprint density at radius 3 is 2.20 bits per heavy atom. The highest BCUT2D eigenvalue weighted by atomic mass is 35.7. The van der Waals surface area contributed by atoms with E-state index in [0.29, 0.717) is 5.56 Å². The number of benzene rings is 1. The molecule has 1 N–H and O–H groups in total. The van der Waals surface area contributed by atoms with Gasteiger partial charge in [-0.2, -0.15) is 13.2 Å². The van der Waals surface area contributed by atoms with Crippen molar-refractivity contribution < 1.29 is 26.4 Å². The fourth-order valence-electron chi connectivity index (χ4n) is 1.41. The molecule has 0 fully saturated rings. The monoisotopic (exact) mass is 329 g/mol. The van der Waals surface area contributed by atoms with Crippen molar-refractivity contribution in [3.8, 4) is 0 Å². The van der Waals surface area contributed by atoms with Gasteiger partial charge in [0.25, 0.3) is 9.05 Å². The van der Waals surface area contributed by atoms with Gasteiger partial charge in [-0.05, 0) is 24.1 Å². The molecule has 20 heavy (non-hydrogen) atoms. The van der Waals surface area contributed by atoms with Gasteiger partial charge in [0.2, 0.25) is 5.91 Å². The van der Waals surface area contributed by atoms with Crippen LogP contribution < -0.4 is 5.32 Å². The second kappa shape index (κ2) is 6.45. The Hall–Kier alpha value is -1.28. The van der Waals surface area contributed by atoms with Crippen LogP contribution in [-0.2, 0) is 20.3 Å². The van der Waals surface area contributed by atoms with Crippen LogP contribution in [0.15, 0.2) is 29.2 Å². The van der Waals surface area contributed by atoms with E-state index in [1.54, 1.807) is 0 Å². The summed E-state index contributed by atoms with van der Waals surface area (Å²) >= 11 is 0. The summed E-state index contributed by atoms with van der Waals surface area (Å²) in [7, 11) is 1.33. The lowest BCUT2D eigenvalue weighted by Crippen LogP contribution is -2.30. The smallest absolute Gasteiger partial charge is 0.355 e. The third-order valence-electron chi connectivity index (χ3n) is 2.30. The molecule has 0 saturated carbocycles. The van der Waals surface area contributed by atoms with Crippen LogP contribution in [0.2, 0.25) is 0 Å². The molecule has 0 aliphatic rings. The van der Waals surface area contributed by atoms with Gasteiger partial charge in [0, 0.05) is 17.2 Å². The highest BCUT2D eigenvalue weighted by Crippen LogP contribution is 2.19. The van der Waals surface area contributed by atoms with Gasteiger partial charge in [-0.25, -0.2) is 8.42 Å². The van der Waals surface area contributed by atoms with Crippen LogP contribution in [0, 0.1) is 0 Å². The topological polar surface area (TPSA) is 63.2 Å². The maximum atomic E-state index is 11.9. The van der Waals surface area contributed by atoms with Gasteiger partial charge in [0.1, 0.15) is 6.42 Å². The summed E-state index contributed by atoms with van der Waals surface area (Å²) < 4.78 is 57.6. The van der Waals surface area contributed by atoms with Crippen LogP contribution in [0.5, 0.6) is 0 Å². The zero-order valence-electron chi connectivity index (χ0n) is 10.1. The minimum atomic E-state index is -4.53. The van der Waals surface area contributed by atoms with Crippen LogP contribution >= 0.6 is 10.7 Å². The lowest BCUT2D eigenvalue weighted by Gasteiger charge is -2.07. The van der Waals surface area contributed by atoms with E-state index in [1.165, 1.54) is 24.3 Å². The SMILES string of the molecule is O=C(CC(F)(F)F)NCCc1ccc(S(=O)(=O)Cl)cc1. The number of nitrogens with one attached hydrogen (secondary N) is 1. The number of hydrogen-bond donors (Lipinski definition) is 1. The first-order chi connectivity index (χ1) is 9.08. The fourth-order valence-corrected chi connectivity index (χ4v) is 2.18. The van der Waals surface area contributed by atoms with E-state index in [9.17, 15) is 26.4 Å². The van der Waals surface area contributed by atoms with Crippen molar-refractivity contribution in [3.05, 3.63) is 29.8 Å². The highest BCUT2D eigenvalue weighted by Gasteiger charge is 2.30. The summed E-state index contributed by atoms with van der Waals surface area (Å²) in [4.78, 5) is 10.8. The van der Waals surface area contributed by atoms with Crippen molar-refractivity contribution in [2.45, 2.75) is 23.9 Å². The summed E-state index contributed by atoms with van der Waals surface area (Å²) in [5.74, 6) is -1.10. The Labute approximate surface area is 118 Å². The quantitative estimate of drug-likeness (QED) is 0.843. The van der Waals surface area contributed by atoms with Gasteiger partial charge >= 0.3 is 6.18 Å². The molecular formula is C11H11ClF3NO3S. The molecule has 0 bridgehead atoms. The van der Waals surface area contributed by atoms with E-state index in [2.05, 4.69) is 5.32 Å². The summed E-state index contributed by atoms with van der Waals surface area (Å²) in [6.45, 7) is 0.0296. The Bertz CT molecular complexity index is 570. The minimum absolute atomic E-state index is 0.0296. The third kappa shape index (κ3) is 6.25. The summed E-state index contributed by atoms with van der Waals surface area (Å²) in [6, 6.07) is 5.53. The van der Waals surface area contributed by atoms with Crippen molar-refractivity contribution >= 4 is 25.6 Å². The number of carbonyl (C=O) groups is 1. The van der Waals surface area contributed by atoms with Gasteiger partial charge in [0.15, 0.2) is 0 Å². The molecule has 9 heteroatoms. The van der Waals surface area contributed by atoms with E-state index in [-0.39, 0.29) is 17.9 Å². The summed E-state index contributed by atoms with van der Waals surface area (Å²) in [5, 5.41) is 2.13. The number of alkyl halides is 3. The van der Waals surface area contributed by atoms with E-state index in [4.69, 9.17) is 10.7 Å². The van der Waals surface area contributed by atoms with E-state index in [0.717, 1.165) is 0 Å². The molecule has 1 amide bonds. The molecule has 0 heterocycles. The fraction of sp³-hybridized carbons (Fsp3) is 0.364. The predicted molar refractivity (Wildman–Crippen MR) is 66.9 cm³/mol. The molecule has 0 radical (unpaired) electrons. The first kappa shape index (κ1) is 16.8. The Morgan fingerprint density at radius 1 is 1.20 bits per heavy atom. The molecule has 0 atom stereocenters. The van der Waals surface area contributed by atoms with E-state index >= 15 is 0 Å². The van der Waals surface area contributed by atoms with Gasteiger partial charge < -0.3 is 5.32 Å². The summed E-state index contributed by atoms with van der Waals surface area (Å²) in [6.07, 6.45) is -5.76. The van der Waals surface area contributed by atoms with Crippen LogP contribution in [0.4, 0.5) is 13.2 Å². The molecule has 112 valence electrons. The lowest BCUT2D eigenvalue weighted by molar-refractivity contribution is -0.153. The van der Waals surface area contributed by atoms with Gasteiger partial charge in [0.05, 0.1) is 4.90 Å². The van der Waals surface area contributed by atoms with Crippen molar-refractivity contribution in [3.63, 3.8) is 0 Å². The number of amides is 1. The molecule has 0 aliphatic heterocycles. The molecule has 1 aromatic carbocycles. The highest BCUT2D eigenvalue weighted by molar-refractivity contribution is 8.13. The van der Waals surface area contributed by atoms with Crippen molar-refractivity contribution in [1.29, 1.82) is 0 Å². The molecule has 4 nitrogen and oxygen atoms in total. The van der Waals surface area contributed by atoms with Gasteiger partial charge in [-0.15, -0.1) is 0 Å². The lowest BCUT2D eigenvalue weighted by atomic mass is 10.1. The molecule has 0 spiro atoms. The molecule has 1 aromatic rings. The second-order valence-electron chi connectivity index (χ2n) is 3.97. The van der Waals surface area contributed by atoms with Crippen LogP contribution in [-0.4, -0.2) is 27.0 Å². The van der Waals surface area contributed by atoms with Crippen molar-refractivity contribution in [2.75, 3.05) is 6.54 Å². The minimum Gasteiger partial charge on any atom is -0.355 e. The number of rotatable bonds is 5. The van der Waals surface area contributed by atoms with Crippen molar-refractivity contribution in [1.82, 2.24) is 5.32 Å². The first-order valence-electron chi connectivity index (χ1n) is 5.45. The molecule has 0 saturated heterocycles. The second-order valence-corrected chi connectivity index (χ2v) is 6.54. The predicted octanol–water partition coefficient (Wildman–Crippen LogP) is 2.23. The van der Waals surface area contributed by atoms with Crippen molar-refractivity contribution in [2.24, 2.45) is 0 Å². The van der Waals surface area contributed by atoms with Gasteiger partial charge in [-0.3, -0.25) is 4.79 Å². The van der Waals surface area contributed by atoms with Crippen LogP contribution in [0.25, 0.3) is 0 Å². The zero-order chi connectivity index (χ0) is 15.4. The van der Waals surface area contributed by atoms with Gasteiger partial charge in [-0.1, -0.05) is 12.1 Å². The van der Waals surface area contributed by atoms with Crippen LogP contribution in [0.3, 0.4) is 0 Å². The molecular weight excluding hydrogens is 319 g/mol. The molecule has 0 unspecified atom stereocenters. The number of halogens is 4. The average Bonchev–Trinajstić information content (AvgIpc) is 2.26. The first-order valence-corrected chi connectivity index (χ1v) is 7.76. The average molecular weight is 330 g/mol. The zero-order valence-corrected chi connectivity index (χ0v) is 11.6. The Morgan fingerprint density at radius 2 is 1.75 bits per heavy atom. The summed E-state index contributed by atoms with van der Waals surface area (Å²) in [5.41, 5.74) is 0.668. The largest absolute Gasteiger partial charge is 0.397 e. The Kier molecular flexibility index (Phi) is 5.41. The number of carbonyl (C=O) groups excluding carboxylic acids is 1. The van der Waals surface area contributed by atoms with E-state index < -0.39 is 27.6 Å². The maximum absolute atomic E-state index is 11.9. The standard InChI is InChI=1S/C11H11ClF3NO3S/c12-20(18,19)9-3-1-8(2-4-9)5-6-16-10(17)7-11(13,14)15/h1-4H,5-7H2,(H,16,17).